The predicted octanol–water partition coefficient (Wildman–Crippen LogP) is 5.30. The lowest BCUT2D eigenvalue weighted by Gasteiger charge is -2.14. The highest BCUT2D eigenvalue weighted by Gasteiger charge is 2.20. The second-order valence-electron chi connectivity index (χ2n) is 7.74. The Labute approximate surface area is 197 Å². The maximum absolute atomic E-state index is 14.2. The lowest BCUT2D eigenvalue weighted by Crippen LogP contribution is -2.13. The zero-order chi connectivity index (χ0) is 24.7. The molecule has 0 atom stereocenters. The Bertz CT molecular complexity index is 1700. The number of aromatic nitrogens is 3. The van der Waals surface area contributed by atoms with E-state index in [0.29, 0.717) is 22.3 Å². The van der Waals surface area contributed by atoms with E-state index in [1.165, 1.54) is 32.4 Å². The Morgan fingerprint density at radius 1 is 1.06 bits per heavy atom. The van der Waals surface area contributed by atoms with Gasteiger partial charge in [-0.05, 0) is 37.3 Å². The number of para-hydroxylation sites is 1. The Kier molecular flexibility index (Phi) is 5.44. The zero-order valence-electron chi connectivity index (χ0n) is 18.6. The summed E-state index contributed by atoms with van der Waals surface area (Å²) in [7, 11) is 1.20. The fourth-order valence-corrected chi connectivity index (χ4v) is 3.81. The van der Waals surface area contributed by atoms with Gasteiger partial charge in [0.25, 0.3) is 0 Å². The van der Waals surface area contributed by atoms with E-state index in [1.807, 2.05) is 12.1 Å². The molecule has 3 heterocycles. The number of H-pyrrole nitrogens is 1. The van der Waals surface area contributed by atoms with Crippen LogP contribution in [0.2, 0.25) is 0 Å². The molecule has 0 aliphatic carbocycles. The van der Waals surface area contributed by atoms with Crippen molar-refractivity contribution in [3.63, 3.8) is 0 Å². The van der Waals surface area contributed by atoms with Crippen molar-refractivity contribution in [3.05, 3.63) is 93.9 Å². The number of nitrogens with one attached hydrogen (secondary N) is 1. The van der Waals surface area contributed by atoms with Crippen LogP contribution in [-0.4, -0.2) is 28.0 Å². The molecule has 3 aromatic heterocycles. The number of halogens is 2. The fraction of sp³-hybridized carbons (Fsp3) is 0.0769. The number of ether oxygens (including phenoxy) is 2. The van der Waals surface area contributed by atoms with Gasteiger partial charge < -0.3 is 14.5 Å². The molecule has 0 spiro atoms. The van der Waals surface area contributed by atoms with Crippen LogP contribution in [0.4, 0.5) is 8.78 Å². The molecular weight excluding hydrogens is 456 g/mol. The first-order chi connectivity index (χ1) is 16.9. The molecular formula is C26H17F2N3O4. The van der Waals surface area contributed by atoms with Crippen molar-refractivity contribution >= 4 is 27.8 Å². The van der Waals surface area contributed by atoms with Gasteiger partial charge in [-0.3, -0.25) is 4.79 Å². The molecule has 5 rings (SSSR count). The van der Waals surface area contributed by atoms with Gasteiger partial charge >= 0.3 is 5.97 Å². The van der Waals surface area contributed by atoms with Crippen molar-refractivity contribution in [2.75, 3.05) is 7.11 Å². The topological polar surface area (TPSA) is 94.2 Å². The van der Waals surface area contributed by atoms with Gasteiger partial charge in [-0.25, -0.2) is 23.5 Å². The van der Waals surface area contributed by atoms with Gasteiger partial charge in [0.15, 0.2) is 22.8 Å². The zero-order valence-corrected chi connectivity index (χ0v) is 18.6. The molecule has 174 valence electrons. The summed E-state index contributed by atoms with van der Waals surface area (Å²) in [5, 5.41) is 0.846. The Hall–Kier alpha value is -4.66. The van der Waals surface area contributed by atoms with E-state index >= 15 is 0 Å². The Balaban J connectivity index is 1.74. The number of nitrogens with zero attached hydrogens (tertiary/aromatic N) is 2. The molecule has 0 aliphatic heterocycles. The van der Waals surface area contributed by atoms with Crippen molar-refractivity contribution in [3.8, 4) is 22.9 Å². The number of fused-ring (bicyclic) bond motifs is 2. The number of methoxy groups -OCH3 is 1. The van der Waals surface area contributed by atoms with E-state index < -0.39 is 23.0 Å². The van der Waals surface area contributed by atoms with Crippen LogP contribution in [0.25, 0.3) is 33.1 Å². The highest BCUT2D eigenvalue weighted by atomic mass is 19.2. The SMILES string of the molecule is COC(=O)c1nccc2[nH]c(-c3cc4ccccc4nc3Oc3ccc(F)c(F)c3C)cc(=O)c12. The van der Waals surface area contributed by atoms with Gasteiger partial charge in [-0.2, -0.15) is 0 Å². The molecule has 0 radical (unpaired) electrons. The maximum atomic E-state index is 14.2. The molecule has 2 aromatic carbocycles. The van der Waals surface area contributed by atoms with Crippen LogP contribution in [0.15, 0.2) is 65.6 Å². The number of carbonyl (C=O) groups is 1. The highest BCUT2D eigenvalue weighted by Crippen LogP contribution is 2.35. The first-order valence-corrected chi connectivity index (χ1v) is 10.5. The third-order valence-electron chi connectivity index (χ3n) is 5.60. The third-order valence-corrected chi connectivity index (χ3v) is 5.60. The minimum absolute atomic E-state index is 0.0216. The minimum atomic E-state index is -1.02. The quantitative estimate of drug-likeness (QED) is 0.356. The molecule has 35 heavy (non-hydrogen) atoms. The molecule has 1 N–H and O–H groups in total. The third kappa shape index (κ3) is 3.86. The van der Waals surface area contributed by atoms with Gasteiger partial charge in [0.05, 0.1) is 34.8 Å². The lowest BCUT2D eigenvalue weighted by atomic mass is 10.1. The van der Waals surface area contributed by atoms with Gasteiger partial charge in [0.1, 0.15) is 5.75 Å². The van der Waals surface area contributed by atoms with Crippen LogP contribution >= 0.6 is 0 Å². The lowest BCUT2D eigenvalue weighted by molar-refractivity contribution is 0.0596. The summed E-state index contributed by atoms with van der Waals surface area (Å²) in [5.74, 6) is -2.59. The molecule has 7 nitrogen and oxygen atoms in total. The van der Waals surface area contributed by atoms with E-state index in [9.17, 15) is 18.4 Å². The number of carbonyl (C=O) groups excluding carboxylic acids is 1. The second-order valence-corrected chi connectivity index (χ2v) is 7.74. The van der Waals surface area contributed by atoms with Crippen LogP contribution in [0.1, 0.15) is 16.1 Å². The van der Waals surface area contributed by atoms with Crippen LogP contribution < -0.4 is 10.2 Å². The summed E-state index contributed by atoms with van der Waals surface area (Å²) in [4.78, 5) is 36.8. The number of esters is 1. The number of benzene rings is 2. The maximum Gasteiger partial charge on any atom is 0.357 e. The highest BCUT2D eigenvalue weighted by molar-refractivity contribution is 6.02. The summed E-state index contributed by atoms with van der Waals surface area (Å²) in [6.07, 6.45) is 1.38. The number of pyridine rings is 3. The summed E-state index contributed by atoms with van der Waals surface area (Å²) in [6.45, 7) is 1.40. The molecule has 0 bridgehead atoms. The minimum Gasteiger partial charge on any atom is -0.464 e. The summed E-state index contributed by atoms with van der Waals surface area (Å²) >= 11 is 0. The summed E-state index contributed by atoms with van der Waals surface area (Å²) in [6, 6.07) is 14.2. The van der Waals surface area contributed by atoms with E-state index in [-0.39, 0.29) is 28.3 Å². The van der Waals surface area contributed by atoms with Crippen molar-refractivity contribution < 1.29 is 23.0 Å². The first-order valence-electron chi connectivity index (χ1n) is 10.5. The number of hydrogen-bond donors (Lipinski definition) is 1. The Morgan fingerprint density at radius 3 is 2.66 bits per heavy atom. The largest absolute Gasteiger partial charge is 0.464 e. The molecule has 0 fully saturated rings. The molecule has 0 unspecified atom stereocenters. The van der Waals surface area contributed by atoms with Crippen molar-refractivity contribution in [2.45, 2.75) is 6.92 Å². The summed E-state index contributed by atoms with van der Waals surface area (Å²) < 4.78 is 38.5. The van der Waals surface area contributed by atoms with Crippen LogP contribution in [0.5, 0.6) is 11.6 Å². The van der Waals surface area contributed by atoms with Gasteiger partial charge in [-0.15, -0.1) is 0 Å². The average molecular weight is 473 g/mol. The molecule has 0 amide bonds. The molecule has 9 heteroatoms. The number of aromatic amines is 1. The van der Waals surface area contributed by atoms with E-state index in [1.54, 1.807) is 24.3 Å². The fourth-order valence-electron chi connectivity index (χ4n) is 3.81. The number of rotatable bonds is 4. The van der Waals surface area contributed by atoms with Gasteiger partial charge in [-0.1, -0.05) is 18.2 Å². The van der Waals surface area contributed by atoms with Gasteiger partial charge in [0, 0.05) is 23.2 Å². The summed E-state index contributed by atoms with van der Waals surface area (Å²) in [5.41, 5.74) is 1.11. The molecule has 0 saturated carbocycles. The molecule has 0 saturated heterocycles. The van der Waals surface area contributed by atoms with Crippen LogP contribution in [0.3, 0.4) is 0 Å². The molecule has 0 aliphatic rings. The smallest absolute Gasteiger partial charge is 0.357 e. The van der Waals surface area contributed by atoms with Crippen molar-refractivity contribution in [1.29, 1.82) is 0 Å². The average Bonchev–Trinajstić information content (AvgIpc) is 2.87. The van der Waals surface area contributed by atoms with Gasteiger partial charge in [0.2, 0.25) is 5.88 Å². The second kappa shape index (κ2) is 8.60. The van der Waals surface area contributed by atoms with Crippen LogP contribution in [-0.2, 0) is 4.74 Å². The Morgan fingerprint density at radius 2 is 1.86 bits per heavy atom. The standard InChI is InChI=1S/C26H17F2N3O4/c1-13-21(8-7-16(27)23(13)28)35-25-15(11-14-5-3-4-6-17(14)31-25)19-12-20(32)22-18(30-19)9-10-29-24(22)26(33)34-2/h3-12H,1-2H3,(H,30,32). The van der Waals surface area contributed by atoms with Crippen molar-refractivity contribution in [1.82, 2.24) is 15.0 Å². The van der Waals surface area contributed by atoms with Crippen molar-refractivity contribution in [2.24, 2.45) is 0 Å². The van der Waals surface area contributed by atoms with Crippen LogP contribution in [0, 0.1) is 18.6 Å². The van der Waals surface area contributed by atoms with E-state index in [4.69, 9.17) is 9.47 Å². The number of hydrogen-bond acceptors (Lipinski definition) is 6. The normalized spacial score (nSPS) is 11.1. The predicted molar refractivity (Wildman–Crippen MR) is 126 cm³/mol. The van der Waals surface area contributed by atoms with E-state index in [2.05, 4.69) is 15.0 Å². The molecule has 5 aromatic rings. The monoisotopic (exact) mass is 473 g/mol. The first kappa shape index (κ1) is 22.1. The van der Waals surface area contributed by atoms with E-state index in [0.717, 1.165) is 11.5 Å².